The third kappa shape index (κ3) is 2.62. The van der Waals surface area contributed by atoms with Crippen molar-refractivity contribution in [3.8, 4) is 6.01 Å². The van der Waals surface area contributed by atoms with Gasteiger partial charge in [-0.3, -0.25) is 0 Å². The van der Waals surface area contributed by atoms with Crippen molar-refractivity contribution in [2.75, 3.05) is 0 Å². The summed E-state index contributed by atoms with van der Waals surface area (Å²) in [6, 6.07) is 0.0894. The van der Waals surface area contributed by atoms with Crippen LogP contribution in [0.3, 0.4) is 0 Å². The molecule has 74 valence electrons. The Balaban J connectivity index is 2.91. The fraction of sp³-hybridized carbons (Fsp3) is 0.750. The van der Waals surface area contributed by atoms with Gasteiger partial charge < -0.3 is 5.11 Å². The van der Waals surface area contributed by atoms with E-state index in [-0.39, 0.29) is 12.1 Å². The molecule has 0 saturated heterocycles. The van der Waals surface area contributed by atoms with E-state index in [4.69, 9.17) is 5.11 Å². The first-order valence-electron chi connectivity index (χ1n) is 4.33. The zero-order chi connectivity index (χ0) is 10.0. The summed E-state index contributed by atoms with van der Waals surface area (Å²) in [7, 11) is 0. The van der Waals surface area contributed by atoms with Crippen LogP contribution in [-0.4, -0.2) is 25.1 Å². The van der Waals surface area contributed by atoms with Gasteiger partial charge in [0.2, 0.25) is 0 Å². The van der Waals surface area contributed by atoms with Gasteiger partial charge in [0.1, 0.15) is 0 Å². The number of aromatic hydroxyl groups is 1. The Bertz CT molecular complexity index is 283. The van der Waals surface area contributed by atoms with E-state index < -0.39 is 0 Å². The molecule has 0 unspecified atom stereocenters. The van der Waals surface area contributed by atoms with Crippen molar-refractivity contribution in [2.24, 2.45) is 0 Å². The smallest absolute Gasteiger partial charge is 0.333 e. The van der Waals surface area contributed by atoms with Gasteiger partial charge >= 0.3 is 6.01 Å². The maximum absolute atomic E-state index is 9.14. The molecule has 0 aliphatic rings. The number of thioether (sulfide) groups is 1. The summed E-state index contributed by atoms with van der Waals surface area (Å²) < 4.78 is 1.74. The van der Waals surface area contributed by atoms with Crippen molar-refractivity contribution >= 4 is 11.8 Å². The normalized spacial score (nSPS) is 11.5. The quantitative estimate of drug-likeness (QED) is 0.760. The lowest BCUT2D eigenvalue weighted by Gasteiger charge is -2.09. The summed E-state index contributed by atoms with van der Waals surface area (Å²) in [4.78, 5) is 3.94. The average Bonchev–Trinajstić information content (AvgIpc) is 2.29. The van der Waals surface area contributed by atoms with E-state index in [9.17, 15) is 0 Å². The molecule has 0 saturated carbocycles. The molecule has 1 aromatic rings. The highest BCUT2D eigenvalue weighted by Gasteiger charge is 2.13. The molecule has 1 rings (SSSR count). The Morgan fingerprint density at radius 1 is 1.31 bits per heavy atom. The summed E-state index contributed by atoms with van der Waals surface area (Å²) in [6.07, 6.45) is 0. The molecule has 0 bridgehead atoms. The Hall–Kier alpha value is -0.710. The maximum Gasteiger partial charge on any atom is 0.333 e. The fourth-order valence-electron chi connectivity index (χ4n) is 0.926. The molecular formula is C8H15N3OS. The molecule has 1 aromatic heterocycles. The van der Waals surface area contributed by atoms with Gasteiger partial charge in [-0.05, 0) is 13.8 Å². The van der Waals surface area contributed by atoms with Crippen LogP contribution in [0, 0.1) is 0 Å². The highest BCUT2D eigenvalue weighted by molar-refractivity contribution is 7.99. The van der Waals surface area contributed by atoms with E-state index in [1.807, 2.05) is 13.8 Å². The molecule has 0 radical (unpaired) electrons. The van der Waals surface area contributed by atoms with Crippen LogP contribution in [-0.2, 0) is 0 Å². The van der Waals surface area contributed by atoms with E-state index in [2.05, 4.69) is 23.9 Å². The van der Waals surface area contributed by atoms with Crippen LogP contribution in [0.2, 0.25) is 0 Å². The second kappa shape index (κ2) is 4.00. The zero-order valence-corrected chi connectivity index (χ0v) is 9.17. The van der Waals surface area contributed by atoms with Crippen molar-refractivity contribution in [1.29, 1.82) is 0 Å². The van der Waals surface area contributed by atoms with Gasteiger partial charge in [-0.2, -0.15) is 4.98 Å². The third-order valence-corrected chi connectivity index (χ3v) is 2.38. The molecule has 1 N–H and O–H groups in total. The lowest BCUT2D eigenvalue weighted by Crippen LogP contribution is -2.05. The average molecular weight is 201 g/mol. The van der Waals surface area contributed by atoms with E-state index in [1.165, 1.54) is 0 Å². The number of aromatic nitrogens is 3. The summed E-state index contributed by atoms with van der Waals surface area (Å²) >= 11 is 1.60. The van der Waals surface area contributed by atoms with Crippen molar-refractivity contribution in [1.82, 2.24) is 14.8 Å². The summed E-state index contributed by atoms with van der Waals surface area (Å²) in [6.45, 7) is 8.19. The Morgan fingerprint density at radius 2 is 1.92 bits per heavy atom. The Kier molecular flexibility index (Phi) is 3.19. The molecule has 4 nitrogen and oxygen atoms in total. The molecular weight excluding hydrogens is 186 g/mol. The number of nitrogens with zero attached hydrogens (tertiary/aromatic N) is 3. The maximum atomic E-state index is 9.14. The molecule has 5 heteroatoms. The molecule has 0 aromatic carbocycles. The minimum atomic E-state index is -0.142. The SMILES string of the molecule is CC(C)Sc1nc(O)nn1C(C)C. The van der Waals surface area contributed by atoms with Crippen LogP contribution < -0.4 is 0 Å². The standard InChI is InChI=1S/C8H15N3OS/c1-5(2)11-8(13-6(3)4)9-7(12)10-11/h5-6H,1-4H3,(H,10,12). The largest absolute Gasteiger partial charge is 0.478 e. The third-order valence-electron chi connectivity index (χ3n) is 1.42. The molecule has 0 fully saturated rings. The molecule has 0 aliphatic carbocycles. The van der Waals surface area contributed by atoms with Crippen molar-refractivity contribution < 1.29 is 5.11 Å². The highest BCUT2D eigenvalue weighted by Crippen LogP contribution is 2.24. The number of hydrogen-bond acceptors (Lipinski definition) is 4. The van der Waals surface area contributed by atoms with Crippen LogP contribution in [0.4, 0.5) is 0 Å². The molecule has 0 amide bonds. The second-order valence-corrected chi connectivity index (χ2v) is 4.94. The van der Waals surface area contributed by atoms with E-state index in [1.54, 1.807) is 16.4 Å². The van der Waals surface area contributed by atoms with E-state index in [0.717, 1.165) is 5.16 Å². The van der Waals surface area contributed by atoms with Crippen LogP contribution in [0.1, 0.15) is 33.7 Å². The fourth-order valence-corrected chi connectivity index (χ4v) is 1.84. The van der Waals surface area contributed by atoms with E-state index >= 15 is 0 Å². The minimum Gasteiger partial charge on any atom is -0.478 e. The zero-order valence-electron chi connectivity index (χ0n) is 8.35. The van der Waals surface area contributed by atoms with E-state index in [0.29, 0.717) is 5.25 Å². The monoisotopic (exact) mass is 201 g/mol. The Labute approximate surface area is 82.4 Å². The number of hydrogen-bond donors (Lipinski definition) is 1. The predicted molar refractivity (Wildman–Crippen MR) is 53.1 cm³/mol. The van der Waals surface area contributed by atoms with Gasteiger partial charge in [0.25, 0.3) is 0 Å². The van der Waals surface area contributed by atoms with Crippen molar-refractivity contribution in [2.45, 2.75) is 44.1 Å². The van der Waals surface area contributed by atoms with Gasteiger partial charge in [0.05, 0.1) is 0 Å². The Morgan fingerprint density at radius 3 is 2.38 bits per heavy atom. The molecule has 13 heavy (non-hydrogen) atoms. The first kappa shape index (κ1) is 10.4. The summed E-state index contributed by atoms with van der Waals surface area (Å²) in [5.41, 5.74) is 0. The van der Waals surface area contributed by atoms with Crippen LogP contribution >= 0.6 is 11.8 Å². The topological polar surface area (TPSA) is 50.9 Å². The van der Waals surface area contributed by atoms with Crippen molar-refractivity contribution in [3.63, 3.8) is 0 Å². The van der Waals surface area contributed by atoms with Crippen LogP contribution in [0.25, 0.3) is 0 Å². The first-order chi connectivity index (χ1) is 6.00. The van der Waals surface area contributed by atoms with Gasteiger partial charge in [-0.25, -0.2) is 4.68 Å². The first-order valence-corrected chi connectivity index (χ1v) is 5.21. The molecule has 0 spiro atoms. The van der Waals surface area contributed by atoms with Gasteiger partial charge in [0, 0.05) is 11.3 Å². The lowest BCUT2D eigenvalue weighted by molar-refractivity contribution is 0.413. The summed E-state index contributed by atoms with van der Waals surface area (Å²) in [5.74, 6) is 0. The van der Waals surface area contributed by atoms with Crippen molar-refractivity contribution in [3.05, 3.63) is 0 Å². The predicted octanol–water partition coefficient (Wildman–Crippen LogP) is 2.07. The summed E-state index contributed by atoms with van der Waals surface area (Å²) in [5, 5.41) is 14.3. The van der Waals surface area contributed by atoms with Gasteiger partial charge in [-0.15, -0.1) is 5.10 Å². The highest BCUT2D eigenvalue weighted by atomic mass is 32.2. The molecule has 1 heterocycles. The minimum absolute atomic E-state index is 0.142. The molecule has 0 aliphatic heterocycles. The number of rotatable bonds is 3. The second-order valence-electron chi connectivity index (χ2n) is 3.40. The molecule has 0 atom stereocenters. The van der Waals surface area contributed by atoms with Crippen LogP contribution in [0.15, 0.2) is 5.16 Å². The van der Waals surface area contributed by atoms with Gasteiger partial charge in [-0.1, -0.05) is 25.6 Å². The van der Waals surface area contributed by atoms with Gasteiger partial charge in [0.15, 0.2) is 5.16 Å². The van der Waals surface area contributed by atoms with Crippen LogP contribution in [0.5, 0.6) is 6.01 Å². The lowest BCUT2D eigenvalue weighted by atomic mass is 10.4.